The zero-order valence-electron chi connectivity index (χ0n) is 16.0. The Balaban J connectivity index is 1.99. The Labute approximate surface area is 165 Å². The molecule has 0 saturated heterocycles. The smallest absolute Gasteiger partial charge is 0.204 e. The van der Waals surface area contributed by atoms with Crippen LogP contribution in [-0.2, 0) is 6.42 Å². The maximum atomic E-state index is 13.0. The Morgan fingerprint density at radius 3 is 2.55 bits per heavy atom. The van der Waals surface area contributed by atoms with Gasteiger partial charge in [0, 0.05) is 29.7 Å². The predicted molar refractivity (Wildman–Crippen MR) is 104 cm³/mol. The fraction of sp³-hybridized carbons (Fsp3) is 0.286. The standard InChI is InChI=1S/C21H20O8/c1-21(2)16(24)7-11-18(25)10(6-15(27-3)20(11)29-21)12-8-28-14-5-9(22)4-13(23)17(14)19(12)26/h4-6,8,16,22-25H,7H2,1-3H3/t16-/m1/s1. The molecule has 0 bridgehead atoms. The fourth-order valence-electron chi connectivity index (χ4n) is 3.52. The molecule has 3 aromatic rings. The lowest BCUT2D eigenvalue weighted by Gasteiger charge is -2.38. The largest absolute Gasteiger partial charge is 0.508 e. The molecule has 0 radical (unpaired) electrons. The number of rotatable bonds is 2. The molecule has 152 valence electrons. The summed E-state index contributed by atoms with van der Waals surface area (Å²) in [6, 6.07) is 3.68. The van der Waals surface area contributed by atoms with Crippen LogP contribution in [0.15, 0.2) is 33.7 Å². The molecule has 1 aliphatic rings. The molecule has 0 unspecified atom stereocenters. The first-order valence-corrected chi connectivity index (χ1v) is 8.91. The van der Waals surface area contributed by atoms with Gasteiger partial charge in [-0.2, -0.15) is 0 Å². The van der Waals surface area contributed by atoms with E-state index in [0.29, 0.717) is 11.3 Å². The van der Waals surface area contributed by atoms with E-state index in [0.717, 1.165) is 12.3 Å². The SMILES string of the molecule is COc1cc(-c2coc3cc(O)cc(O)c3c2=O)c(O)c2c1OC(C)(C)[C@H](O)C2. The minimum absolute atomic E-state index is 0.00108. The summed E-state index contributed by atoms with van der Waals surface area (Å²) in [6.07, 6.45) is 0.339. The van der Waals surface area contributed by atoms with Gasteiger partial charge in [0.2, 0.25) is 5.43 Å². The molecule has 2 heterocycles. The van der Waals surface area contributed by atoms with E-state index in [4.69, 9.17) is 13.9 Å². The molecule has 1 aliphatic heterocycles. The second-order valence-corrected chi connectivity index (χ2v) is 7.52. The summed E-state index contributed by atoms with van der Waals surface area (Å²) in [4.78, 5) is 13.0. The summed E-state index contributed by atoms with van der Waals surface area (Å²) in [5, 5.41) is 40.8. The first kappa shape index (κ1) is 18.9. The number of fused-ring (bicyclic) bond motifs is 2. The molecule has 0 spiro atoms. The van der Waals surface area contributed by atoms with E-state index in [-0.39, 0.29) is 45.8 Å². The molecular formula is C21H20O8. The monoisotopic (exact) mass is 400 g/mol. The van der Waals surface area contributed by atoms with Gasteiger partial charge < -0.3 is 34.3 Å². The summed E-state index contributed by atoms with van der Waals surface area (Å²) >= 11 is 0. The number of aliphatic hydroxyl groups is 1. The molecule has 0 amide bonds. The van der Waals surface area contributed by atoms with Crippen LogP contribution in [0.1, 0.15) is 19.4 Å². The van der Waals surface area contributed by atoms with Gasteiger partial charge in [-0.15, -0.1) is 0 Å². The lowest BCUT2D eigenvalue weighted by Crippen LogP contribution is -2.46. The Bertz CT molecular complexity index is 1190. The van der Waals surface area contributed by atoms with Crippen LogP contribution in [0.4, 0.5) is 0 Å². The van der Waals surface area contributed by atoms with Crippen LogP contribution in [0.2, 0.25) is 0 Å². The van der Waals surface area contributed by atoms with Crippen molar-refractivity contribution in [2.24, 2.45) is 0 Å². The number of phenols is 3. The number of benzene rings is 2. The Morgan fingerprint density at radius 1 is 1.14 bits per heavy atom. The minimum atomic E-state index is -0.888. The number of aromatic hydroxyl groups is 3. The van der Waals surface area contributed by atoms with Gasteiger partial charge in [-0.25, -0.2) is 0 Å². The van der Waals surface area contributed by atoms with Crippen molar-refractivity contribution in [3.8, 4) is 39.9 Å². The lowest BCUT2D eigenvalue weighted by atomic mass is 9.88. The number of hydrogen-bond acceptors (Lipinski definition) is 8. The van der Waals surface area contributed by atoms with E-state index in [1.807, 2.05) is 0 Å². The number of ether oxygens (including phenoxy) is 2. The number of hydrogen-bond donors (Lipinski definition) is 4. The maximum absolute atomic E-state index is 13.0. The van der Waals surface area contributed by atoms with Gasteiger partial charge in [0.25, 0.3) is 0 Å². The van der Waals surface area contributed by atoms with Crippen LogP contribution < -0.4 is 14.9 Å². The second kappa shape index (κ2) is 6.31. The highest BCUT2D eigenvalue weighted by Gasteiger charge is 2.39. The molecule has 0 aliphatic carbocycles. The quantitative estimate of drug-likeness (QED) is 0.517. The van der Waals surface area contributed by atoms with Crippen molar-refractivity contribution in [2.45, 2.75) is 32.0 Å². The zero-order valence-corrected chi connectivity index (χ0v) is 16.0. The van der Waals surface area contributed by atoms with E-state index < -0.39 is 22.9 Å². The Kier molecular flexibility index (Phi) is 4.13. The van der Waals surface area contributed by atoms with Crippen LogP contribution in [-0.4, -0.2) is 39.2 Å². The van der Waals surface area contributed by atoms with Gasteiger partial charge in [-0.1, -0.05) is 0 Å². The number of phenolic OH excluding ortho intramolecular Hbond substituents is 3. The van der Waals surface area contributed by atoms with Crippen LogP contribution in [0.25, 0.3) is 22.1 Å². The third kappa shape index (κ3) is 2.84. The highest BCUT2D eigenvalue weighted by Crippen LogP contribution is 2.48. The third-order valence-corrected chi connectivity index (χ3v) is 5.23. The van der Waals surface area contributed by atoms with Crippen molar-refractivity contribution in [1.29, 1.82) is 0 Å². The molecule has 8 nitrogen and oxygen atoms in total. The molecule has 29 heavy (non-hydrogen) atoms. The average Bonchev–Trinajstić information content (AvgIpc) is 2.64. The molecule has 4 N–H and O–H groups in total. The van der Waals surface area contributed by atoms with Crippen molar-refractivity contribution in [3.63, 3.8) is 0 Å². The van der Waals surface area contributed by atoms with Gasteiger partial charge in [-0.05, 0) is 19.9 Å². The maximum Gasteiger partial charge on any atom is 0.204 e. The first-order chi connectivity index (χ1) is 13.6. The summed E-state index contributed by atoms with van der Waals surface area (Å²) in [5.74, 6) is -0.372. The van der Waals surface area contributed by atoms with Crippen molar-refractivity contribution in [1.82, 2.24) is 0 Å². The topological polar surface area (TPSA) is 130 Å². The average molecular weight is 400 g/mol. The van der Waals surface area contributed by atoms with Crippen molar-refractivity contribution < 1.29 is 34.3 Å². The molecule has 8 heteroatoms. The van der Waals surface area contributed by atoms with Gasteiger partial charge in [0.1, 0.15) is 40.1 Å². The summed E-state index contributed by atoms with van der Waals surface area (Å²) in [6.45, 7) is 3.45. The van der Waals surface area contributed by atoms with Gasteiger partial charge >= 0.3 is 0 Å². The van der Waals surface area contributed by atoms with Gasteiger partial charge in [-0.3, -0.25) is 4.79 Å². The van der Waals surface area contributed by atoms with Crippen molar-refractivity contribution in [2.75, 3.05) is 7.11 Å². The van der Waals surface area contributed by atoms with Crippen LogP contribution in [0.3, 0.4) is 0 Å². The predicted octanol–water partition coefficient (Wildman–Crippen LogP) is 2.66. The van der Waals surface area contributed by atoms with Crippen molar-refractivity contribution in [3.05, 3.63) is 40.2 Å². The summed E-state index contributed by atoms with van der Waals surface area (Å²) in [5.41, 5.74) is -1.08. The zero-order chi connectivity index (χ0) is 21.1. The second-order valence-electron chi connectivity index (χ2n) is 7.52. The van der Waals surface area contributed by atoms with Crippen molar-refractivity contribution >= 4 is 11.0 Å². The van der Waals surface area contributed by atoms with Crippen LogP contribution in [0.5, 0.6) is 28.7 Å². The molecule has 4 rings (SSSR count). The summed E-state index contributed by atoms with van der Waals surface area (Å²) in [7, 11) is 1.43. The normalized spacial score (nSPS) is 17.6. The minimum Gasteiger partial charge on any atom is -0.508 e. The van der Waals surface area contributed by atoms with Crippen LogP contribution in [0, 0.1) is 0 Å². The molecule has 1 aromatic heterocycles. The highest BCUT2D eigenvalue weighted by atomic mass is 16.5. The number of aliphatic hydroxyl groups excluding tert-OH is 1. The van der Waals surface area contributed by atoms with Crippen LogP contribution >= 0.6 is 0 Å². The molecule has 0 saturated carbocycles. The fourth-order valence-corrected chi connectivity index (χ4v) is 3.52. The lowest BCUT2D eigenvalue weighted by molar-refractivity contribution is -0.0430. The third-order valence-electron chi connectivity index (χ3n) is 5.23. The summed E-state index contributed by atoms with van der Waals surface area (Å²) < 4.78 is 16.7. The highest BCUT2D eigenvalue weighted by molar-refractivity contribution is 5.89. The van der Waals surface area contributed by atoms with E-state index >= 15 is 0 Å². The van der Waals surface area contributed by atoms with E-state index in [1.54, 1.807) is 13.8 Å². The van der Waals surface area contributed by atoms with E-state index in [2.05, 4.69) is 0 Å². The molecule has 0 fully saturated rings. The Hall–Kier alpha value is -3.39. The molecule has 1 atom stereocenters. The Morgan fingerprint density at radius 2 is 1.86 bits per heavy atom. The molecule has 2 aromatic carbocycles. The number of methoxy groups -OCH3 is 1. The van der Waals surface area contributed by atoms with Gasteiger partial charge in [0.05, 0.1) is 18.8 Å². The van der Waals surface area contributed by atoms with E-state index in [1.165, 1.54) is 19.2 Å². The molecular weight excluding hydrogens is 380 g/mol. The first-order valence-electron chi connectivity index (χ1n) is 8.91. The van der Waals surface area contributed by atoms with E-state index in [9.17, 15) is 25.2 Å². The van der Waals surface area contributed by atoms with Gasteiger partial charge in [0.15, 0.2) is 11.5 Å².